The average molecular weight is 740 g/mol. The minimum atomic E-state index is -1.09. The minimum Gasteiger partial charge on any atom is -0.465 e. The number of nitrogens with one attached hydrogen (secondary N) is 1. The Hall–Kier alpha value is -3.93. The van der Waals surface area contributed by atoms with Gasteiger partial charge in [-0.15, -0.1) is 0 Å². The van der Waals surface area contributed by atoms with Gasteiger partial charge in [0.2, 0.25) is 23.5 Å². The molecular formula is C41H61N3O9. The Bertz CT molecular complexity index is 1430. The zero-order valence-electron chi connectivity index (χ0n) is 32.5. The second-order valence-corrected chi connectivity index (χ2v) is 16.1. The van der Waals surface area contributed by atoms with E-state index in [4.69, 9.17) is 15.2 Å². The molecule has 1 saturated carbocycles. The molecule has 12 heteroatoms. The van der Waals surface area contributed by atoms with Gasteiger partial charge in [0, 0.05) is 38.1 Å². The minimum absolute atomic E-state index is 0.0172. The first-order valence-corrected chi connectivity index (χ1v) is 19.4. The fourth-order valence-electron chi connectivity index (χ4n) is 7.46. The number of nitrogens with two attached hydrogens (primary N) is 1. The molecule has 2 fully saturated rings. The first kappa shape index (κ1) is 43.5. The Morgan fingerprint density at radius 2 is 1.60 bits per heavy atom. The van der Waals surface area contributed by atoms with Crippen LogP contribution in [0.4, 0.5) is 0 Å². The molecule has 0 aromatic heterocycles. The topological polar surface area (TPSA) is 179 Å². The van der Waals surface area contributed by atoms with Crippen molar-refractivity contribution in [2.45, 2.75) is 142 Å². The predicted molar refractivity (Wildman–Crippen MR) is 199 cm³/mol. The van der Waals surface area contributed by atoms with Crippen LogP contribution in [0.25, 0.3) is 0 Å². The number of ether oxygens (including phenoxy) is 2. The molecule has 0 spiro atoms. The van der Waals surface area contributed by atoms with E-state index in [-0.39, 0.29) is 68.8 Å². The molecule has 3 N–H and O–H groups in total. The summed E-state index contributed by atoms with van der Waals surface area (Å²) in [4.78, 5) is 94.6. The van der Waals surface area contributed by atoms with Crippen molar-refractivity contribution in [2.75, 3.05) is 13.2 Å². The number of amides is 3. The van der Waals surface area contributed by atoms with Gasteiger partial charge in [-0.25, -0.2) is 0 Å². The van der Waals surface area contributed by atoms with Gasteiger partial charge in [-0.2, -0.15) is 0 Å². The number of carbonyl (C=O) groups is 7. The molecule has 53 heavy (non-hydrogen) atoms. The van der Waals surface area contributed by atoms with Crippen molar-refractivity contribution in [3.05, 3.63) is 35.9 Å². The zero-order chi connectivity index (χ0) is 39.3. The van der Waals surface area contributed by atoms with Crippen molar-refractivity contribution >= 4 is 41.0 Å². The van der Waals surface area contributed by atoms with Gasteiger partial charge in [-0.1, -0.05) is 76.8 Å². The second kappa shape index (κ2) is 20.5. The van der Waals surface area contributed by atoms with E-state index in [1.165, 1.54) is 0 Å². The number of likely N-dealkylation sites (tertiary alicyclic amines) is 1. The number of hydrogen-bond acceptors (Lipinski definition) is 9. The van der Waals surface area contributed by atoms with Crippen molar-refractivity contribution in [3.63, 3.8) is 0 Å². The third-order valence-electron chi connectivity index (χ3n) is 9.97. The number of carbonyl (C=O) groups excluding carboxylic acids is 7. The first-order valence-electron chi connectivity index (χ1n) is 19.4. The molecular weight excluding hydrogens is 678 g/mol. The molecule has 1 aliphatic carbocycles. The quantitative estimate of drug-likeness (QED) is 0.134. The van der Waals surface area contributed by atoms with Crippen LogP contribution in [0.1, 0.15) is 130 Å². The number of primary amides is 1. The van der Waals surface area contributed by atoms with E-state index >= 15 is 0 Å². The number of esters is 1. The zero-order valence-corrected chi connectivity index (χ0v) is 32.5. The van der Waals surface area contributed by atoms with Gasteiger partial charge in [0.05, 0.1) is 36.7 Å². The molecule has 0 bridgehead atoms. The number of hydrogen-bond donors (Lipinski definition) is 2. The summed E-state index contributed by atoms with van der Waals surface area (Å²) in [6.07, 6.45) is 4.16. The summed E-state index contributed by atoms with van der Waals surface area (Å²) < 4.78 is 11.8. The summed E-state index contributed by atoms with van der Waals surface area (Å²) in [6.45, 7) is 11.9. The van der Waals surface area contributed by atoms with E-state index in [1.54, 1.807) is 35.2 Å². The van der Waals surface area contributed by atoms with Crippen LogP contribution in [0.3, 0.4) is 0 Å². The molecule has 1 saturated heterocycles. The lowest BCUT2D eigenvalue weighted by Gasteiger charge is -2.34. The highest BCUT2D eigenvalue weighted by molar-refractivity contribution is 6.38. The lowest BCUT2D eigenvalue weighted by Crippen LogP contribution is -2.47. The average Bonchev–Trinajstić information content (AvgIpc) is 3.53. The Morgan fingerprint density at radius 1 is 0.943 bits per heavy atom. The summed E-state index contributed by atoms with van der Waals surface area (Å²) in [7, 11) is 0. The number of Topliss-reactive ketones (excluding diaryl/α,β-unsaturated/α-hetero) is 3. The number of rotatable bonds is 20. The number of benzene rings is 1. The lowest BCUT2D eigenvalue weighted by atomic mass is 9.77. The molecule has 0 radical (unpaired) electrons. The van der Waals surface area contributed by atoms with E-state index in [1.807, 2.05) is 41.5 Å². The fraction of sp³-hybridized carbons (Fsp3) is 0.683. The van der Waals surface area contributed by atoms with Crippen molar-refractivity contribution in [2.24, 2.45) is 29.4 Å². The predicted octanol–water partition coefficient (Wildman–Crippen LogP) is 5.19. The highest BCUT2D eigenvalue weighted by Gasteiger charge is 2.46. The van der Waals surface area contributed by atoms with Gasteiger partial charge < -0.3 is 25.4 Å². The van der Waals surface area contributed by atoms with Crippen LogP contribution in [0.15, 0.2) is 30.3 Å². The van der Waals surface area contributed by atoms with Crippen LogP contribution in [0, 0.1) is 23.7 Å². The van der Waals surface area contributed by atoms with Crippen LogP contribution in [0.5, 0.6) is 0 Å². The normalized spacial score (nSPS) is 19.6. The largest absolute Gasteiger partial charge is 0.465 e. The standard InChI is InChI=1S/C41H61N3O9/c1-7-14-29(38(49)33(45)19-20-35(47)43-37(39(42)50)28-17-12-9-13-18-28)21-34(46)32-22-30(53-41(4,5)6)24-44(32)40(51)31(27-15-10-8-11-16-27)23-36(48)52-25-26(2)3/h9,12-13,17-18,26-27,29-32,37H,7-8,10-11,14-16,19-25H2,1-6H3,(H2,42,50)(H,43,47)/t29?,30-,31?,32+,37?/m1/s1. The lowest BCUT2D eigenvalue weighted by molar-refractivity contribution is -0.153. The van der Waals surface area contributed by atoms with E-state index in [9.17, 15) is 33.6 Å². The van der Waals surface area contributed by atoms with Crippen LogP contribution < -0.4 is 11.1 Å². The summed E-state index contributed by atoms with van der Waals surface area (Å²) in [5.41, 5.74) is 5.44. The van der Waals surface area contributed by atoms with Gasteiger partial charge in [-0.05, 0) is 57.4 Å². The molecule has 1 aliphatic heterocycles. The van der Waals surface area contributed by atoms with Gasteiger partial charge in [-0.3, -0.25) is 33.6 Å². The summed E-state index contributed by atoms with van der Waals surface area (Å²) in [5, 5.41) is 2.53. The first-order chi connectivity index (χ1) is 25.0. The van der Waals surface area contributed by atoms with Gasteiger partial charge in [0.15, 0.2) is 11.6 Å². The SMILES string of the molecule is CCCC(CC(=O)[C@@H]1C[C@@H](OC(C)(C)C)CN1C(=O)C(CC(=O)OCC(C)C)C1CCCCC1)C(=O)C(=O)CCC(=O)NC(C(N)=O)c1ccccc1. The molecule has 294 valence electrons. The van der Waals surface area contributed by atoms with Crippen molar-refractivity contribution in [3.8, 4) is 0 Å². The maximum atomic E-state index is 14.5. The summed E-state index contributed by atoms with van der Waals surface area (Å²) in [5.74, 6) is -5.40. The Kier molecular flexibility index (Phi) is 16.8. The molecule has 1 aromatic carbocycles. The van der Waals surface area contributed by atoms with E-state index in [0.29, 0.717) is 12.0 Å². The Labute approximate surface area is 314 Å². The highest BCUT2D eigenvalue weighted by Crippen LogP contribution is 2.36. The van der Waals surface area contributed by atoms with E-state index < -0.39 is 71.4 Å². The highest BCUT2D eigenvalue weighted by atomic mass is 16.5. The van der Waals surface area contributed by atoms with E-state index in [2.05, 4.69) is 5.32 Å². The van der Waals surface area contributed by atoms with E-state index in [0.717, 1.165) is 32.1 Å². The molecule has 3 amide bonds. The Morgan fingerprint density at radius 3 is 2.19 bits per heavy atom. The third-order valence-corrected chi connectivity index (χ3v) is 9.97. The smallest absolute Gasteiger partial charge is 0.306 e. The van der Waals surface area contributed by atoms with Crippen LogP contribution >= 0.6 is 0 Å². The molecule has 12 nitrogen and oxygen atoms in total. The number of nitrogens with zero attached hydrogens (tertiary/aromatic N) is 1. The fourth-order valence-corrected chi connectivity index (χ4v) is 7.46. The summed E-state index contributed by atoms with van der Waals surface area (Å²) >= 11 is 0. The molecule has 3 rings (SSSR count). The Balaban J connectivity index is 1.76. The maximum absolute atomic E-state index is 14.5. The molecule has 2 aliphatic rings. The molecule has 1 aromatic rings. The second-order valence-electron chi connectivity index (χ2n) is 16.1. The van der Waals surface area contributed by atoms with Gasteiger partial charge in [0.25, 0.3) is 0 Å². The van der Waals surface area contributed by atoms with Crippen LogP contribution in [0.2, 0.25) is 0 Å². The monoisotopic (exact) mass is 739 g/mol. The van der Waals surface area contributed by atoms with Gasteiger partial charge >= 0.3 is 5.97 Å². The maximum Gasteiger partial charge on any atom is 0.306 e. The molecule has 5 atom stereocenters. The molecule has 3 unspecified atom stereocenters. The van der Waals surface area contributed by atoms with Crippen molar-refractivity contribution in [1.29, 1.82) is 0 Å². The van der Waals surface area contributed by atoms with Crippen molar-refractivity contribution in [1.82, 2.24) is 10.2 Å². The van der Waals surface area contributed by atoms with Crippen LogP contribution in [-0.2, 0) is 43.0 Å². The third kappa shape index (κ3) is 13.8. The van der Waals surface area contributed by atoms with Crippen molar-refractivity contribution < 1.29 is 43.0 Å². The number of ketones is 3. The van der Waals surface area contributed by atoms with Crippen LogP contribution in [-0.4, -0.2) is 76.8 Å². The van der Waals surface area contributed by atoms with Gasteiger partial charge in [0.1, 0.15) is 6.04 Å². The summed E-state index contributed by atoms with van der Waals surface area (Å²) in [6, 6.07) is 6.47. The molecule has 1 heterocycles.